The molecule has 5 nitrogen and oxygen atoms in total. The number of fused-ring (bicyclic) bond motifs is 4. The molecule has 6 heteroatoms. The van der Waals surface area contributed by atoms with Gasteiger partial charge in [-0.1, -0.05) is 29.4 Å². The molecule has 1 N–H and O–H groups in total. The number of nitrogens with one attached hydrogen (secondary N) is 1. The molecule has 3 aromatic rings. The number of aryl methyl sites for hydroxylation is 2. The van der Waals surface area contributed by atoms with Crippen LogP contribution in [0.3, 0.4) is 0 Å². The maximum Gasteiger partial charge on any atom is 0.278 e. The van der Waals surface area contributed by atoms with Crippen molar-refractivity contribution in [3.63, 3.8) is 0 Å². The molecule has 2 aliphatic carbocycles. The van der Waals surface area contributed by atoms with Gasteiger partial charge in [0.25, 0.3) is 5.91 Å². The molecule has 2 aliphatic rings. The van der Waals surface area contributed by atoms with Gasteiger partial charge in [-0.05, 0) is 43.2 Å². The van der Waals surface area contributed by atoms with Gasteiger partial charge in [-0.25, -0.2) is 0 Å². The number of hydrogen-bond donors (Lipinski definition) is 1. The fraction of sp³-hybridized carbons (Fsp3) is 0.250. The number of amides is 1. The Labute approximate surface area is 154 Å². The van der Waals surface area contributed by atoms with Gasteiger partial charge in [-0.15, -0.1) is 11.3 Å². The molecular weight excluding hydrogens is 346 g/mol. The summed E-state index contributed by atoms with van der Waals surface area (Å²) in [5.41, 5.74) is 5.11. The zero-order chi connectivity index (χ0) is 17.7. The Kier molecular flexibility index (Phi) is 3.44. The average molecular weight is 361 g/mol. The summed E-state index contributed by atoms with van der Waals surface area (Å²) in [4.78, 5) is 14.0. The third-order valence-corrected chi connectivity index (χ3v) is 6.38. The van der Waals surface area contributed by atoms with Crippen LogP contribution in [0.5, 0.6) is 0 Å². The zero-order valence-corrected chi connectivity index (χ0v) is 14.8. The largest absolute Gasteiger partial charge is 0.355 e. The Hall–Kier alpha value is -2.91. The molecule has 1 amide bonds. The Morgan fingerprint density at radius 3 is 2.96 bits per heavy atom. The van der Waals surface area contributed by atoms with E-state index in [9.17, 15) is 10.1 Å². The molecule has 5 rings (SSSR count). The van der Waals surface area contributed by atoms with Gasteiger partial charge in [0.15, 0.2) is 11.5 Å². The van der Waals surface area contributed by atoms with Crippen LogP contribution in [-0.2, 0) is 25.7 Å². The quantitative estimate of drug-likeness (QED) is 0.745. The highest BCUT2D eigenvalue weighted by atomic mass is 32.1. The number of hydrogen-bond acceptors (Lipinski definition) is 5. The van der Waals surface area contributed by atoms with E-state index < -0.39 is 0 Å². The lowest BCUT2D eigenvalue weighted by Crippen LogP contribution is -2.15. The molecule has 2 heterocycles. The average Bonchev–Trinajstić information content (AvgIpc) is 3.35. The number of anilines is 1. The van der Waals surface area contributed by atoms with Crippen molar-refractivity contribution < 1.29 is 9.32 Å². The smallest absolute Gasteiger partial charge is 0.278 e. The van der Waals surface area contributed by atoms with E-state index in [-0.39, 0.29) is 5.91 Å². The molecule has 0 atom stereocenters. The van der Waals surface area contributed by atoms with Crippen molar-refractivity contribution in [3.05, 3.63) is 57.1 Å². The summed E-state index contributed by atoms with van der Waals surface area (Å²) < 4.78 is 5.52. The van der Waals surface area contributed by atoms with E-state index in [1.165, 1.54) is 21.8 Å². The summed E-state index contributed by atoms with van der Waals surface area (Å²) in [5, 5.41) is 17.1. The highest BCUT2D eigenvalue weighted by Gasteiger charge is 2.29. The van der Waals surface area contributed by atoms with E-state index in [0.717, 1.165) is 48.8 Å². The first kappa shape index (κ1) is 15.4. The molecule has 0 unspecified atom stereocenters. The third-order valence-electron chi connectivity index (χ3n) is 5.17. The van der Waals surface area contributed by atoms with Crippen molar-refractivity contribution in [2.24, 2.45) is 0 Å². The van der Waals surface area contributed by atoms with Gasteiger partial charge in [-0.3, -0.25) is 4.79 Å². The van der Waals surface area contributed by atoms with Crippen molar-refractivity contribution in [2.75, 3.05) is 5.32 Å². The lowest BCUT2D eigenvalue weighted by atomic mass is 9.89. The summed E-state index contributed by atoms with van der Waals surface area (Å²) in [5.74, 6) is 0.386. The summed E-state index contributed by atoms with van der Waals surface area (Å²) >= 11 is 1.51. The van der Waals surface area contributed by atoms with Gasteiger partial charge in [0, 0.05) is 16.0 Å². The van der Waals surface area contributed by atoms with Crippen LogP contribution in [0.1, 0.15) is 44.0 Å². The molecule has 2 aromatic heterocycles. The van der Waals surface area contributed by atoms with E-state index in [4.69, 9.17) is 4.52 Å². The number of benzene rings is 1. The molecular formula is C20H15N3O2S. The Bertz CT molecular complexity index is 1090. The van der Waals surface area contributed by atoms with Gasteiger partial charge in [0.05, 0.1) is 5.56 Å². The van der Waals surface area contributed by atoms with E-state index in [0.29, 0.717) is 22.0 Å². The first-order chi connectivity index (χ1) is 12.8. The lowest BCUT2D eigenvalue weighted by Gasteiger charge is -2.14. The molecule has 0 bridgehead atoms. The number of nitrogens with zero attached hydrogens (tertiary/aromatic N) is 2. The second-order valence-corrected chi connectivity index (χ2v) is 7.73. The minimum Gasteiger partial charge on any atom is -0.355 e. The Morgan fingerprint density at radius 1 is 1.19 bits per heavy atom. The molecule has 0 spiro atoms. The van der Waals surface area contributed by atoms with Crippen LogP contribution in [0.15, 0.2) is 28.8 Å². The molecule has 0 saturated carbocycles. The second kappa shape index (κ2) is 5.82. The number of carbonyl (C=O) groups is 1. The molecule has 0 saturated heterocycles. The van der Waals surface area contributed by atoms with Crippen LogP contribution in [0.4, 0.5) is 5.00 Å². The molecule has 1 aromatic carbocycles. The minimum absolute atomic E-state index is 0.300. The van der Waals surface area contributed by atoms with E-state index >= 15 is 0 Å². The lowest BCUT2D eigenvalue weighted by molar-refractivity contribution is 0.101. The summed E-state index contributed by atoms with van der Waals surface area (Å²) in [6.45, 7) is 0. The number of aromatic nitrogens is 1. The summed E-state index contributed by atoms with van der Waals surface area (Å²) in [7, 11) is 0. The minimum atomic E-state index is -0.300. The van der Waals surface area contributed by atoms with Gasteiger partial charge >= 0.3 is 0 Å². The van der Waals surface area contributed by atoms with E-state index in [1.807, 2.05) is 18.2 Å². The SMILES string of the molecule is N#Cc1c(NC(=O)c2noc3c2CCc2ccccc2-3)sc2c1CCC2. The normalized spacial score (nSPS) is 14.3. The summed E-state index contributed by atoms with van der Waals surface area (Å²) in [6, 6.07) is 10.3. The first-order valence-corrected chi connectivity index (χ1v) is 9.50. The van der Waals surface area contributed by atoms with Crippen LogP contribution in [0.2, 0.25) is 0 Å². The highest BCUT2D eigenvalue weighted by Crippen LogP contribution is 2.39. The molecule has 128 valence electrons. The fourth-order valence-corrected chi connectivity index (χ4v) is 5.16. The molecule has 26 heavy (non-hydrogen) atoms. The maximum atomic E-state index is 12.8. The molecule has 0 aliphatic heterocycles. The van der Waals surface area contributed by atoms with Crippen LogP contribution in [-0.4, -0.2) is 11.1 Å². The van der Waals surface area contributed by atoms with E-state index in [2.05, 4.69) is 22.6 Å². The topological polar surface area (TPSA) is 78.9 Å². The third kappa shape index (κ3) is 2.21. The van der Waals surface area contributed by atoms with Gasteiger partial charge in [0.2, 0.25) is 0 Å². The van der Waals surface area contributed by atoms with Gasteiger partial charge in [-0.2, -0.15) is 5.26 Å². The van der Waals surface area contributed by atoms with Gasteiger partial charge in [0.1, 0.15) is 11.1 Å². The highest BCUT2D eigenvalue weighted by molar-refractivity contribution is 7.16. The van der Waals surface area contributed by atoms with Crippen LogP contribution < -0.4 is 5.32 Å². The fourth-order valence-electron chi connectivity index (χ4n) is 3.92. The van der Waals surface area contributed by atoms with E-state index in [1.54, 1.807) is 0 Å². The summed E-state index contributed by atoms with van der Waals surface area (Å²) in [6.07, 6.45) is 4.58. The number of carbonyl (C=O) groups excluding carboxylic acids is 1. The predicted molar refractivity (Wildman–Crippen MR) is 98.4 cm³/mol. The predicted octanol–water partition coefficient (Wildman–Crippen LogP) is 4.11. The number of rotatable bonds is 2. The zero-order valence-electron chi connectivity index (χ0n) is 14.0. The van der Waals surface area contributed by atoms with Crippen molar-refractivity contribution >= 4 is 22.2 Å². The number of nitriles is 1. The Balaban J connectivity index is 1.49. The second-order valence-electron chi connectivity index (χ2n) is 6.62. The molecule has 0 fully saturated rings. The Morgan fingerprint density at radius 2 is 2.08 bits per heavy atom. The van der Waals surface area contributed by atoms with Crippen LogP contribution in [0, 0.1) is 11.3 Å². The van der Waals surface area contributed by atoms with Crippen molar-refractivity contribution in [1.29, 1.82) is 5.26 Å². The number of thiophene rings is 1. The maximum absolute atomic E-state index is 12.8. The van der Waals surface area contributed by atoms with Crippen molar-refractivity contribution in [2.45, 2.75) is 32.1 Å². The van der Waals surface area contributed by atoms with Crippen molar-refractivity contribution in [1.82, 2.24) is 5.16 Å². The van der Waals surface area contributed by atoms with Gasteiger partial charge < -0.3 is 9.84 Å². The van der Waals surface area contributed by atoms with Crippen LogP contribution in [0.25, 0.3) is 11.3 Å². The standard InChI is InChI=1S/C20H15N3O2S/c21-10-15-13-6-3-7-16(13)26-20(15)22-19(24)17-14-9-8-11-4-1-2-5-12(11)18(14)25-23-17/h1-2,4-5H,3,6-9H2,(H,22,24). The van der Waals surface area contributed by atoms with Crippen LogP contribution >= 0.6 is 11.3 Å². The first-order valence-electron chi connectivity index (χ1n) is 8.69. The molecule has 0 radical (unpaired) electrons. The van der Waals surface area contributed by atoms with Crippen molar-refractivity contribution in [3.8, 4) is 17.4 Å². The monoisotopic (exact) mass is 361 g/mol.